The van der Waals surface area contributed by atoms with Gasteiger partial charge in [-0.05, 0) is 24.0 Å². The molecule has 0 fully saturated rings. The fourth-order valence-corrected chi connectivity index (χ4v) is 2.77. The highest BCUT2D eigenvalue weighted by molar-refractivity contribution is 7.85. The third-order valence-electron chi connectivity index (χ3n) is 4.43. The van der Waals surface area contributed by atoms with Gasteiger partial charge in [0.15, 0.2) is 5.65 Å². The third-order valence-corrected chi connectivity index (χ3v) is 4.43. The summed E-state index contributed by atoms with van der Waals surface area (Å²) in [5, 5.41) is 8.54. The zero-order valence-electron chi connectivity index (χ0n) is 20.0. The molecule has 0 spiro atoms. The van der Waals surface area contributed by atoms with Crippen LogP contribution in [0.2, 0.25) is 0 Å². The second-order valence-corrected chi connectivity index (χ2v) is 10.3. The van der Waals surface area contributed by atoms with E-state index in [4.69, 9.17) is 4.55 Å². The Morgan fingerprint density at radius 3 is 2.34 bits per heavy atom. The van der Waals surface area contributed by atoms with Crippen molar-refractivity contribution in [2.45, 2.75) is 27.2 Å². The Hall–Kier alpha value is -3.45. The van der Waals surface area contributed by atoms with Gasteiger partial charge in [0, 0.05) is 48.6 Å². The zero-order valence-corrected chi connectivity index (χ0v) is 20.8. The molecule has 0 saturated heterocycles. The number of nitrogens with zero attached hydrogens (tertiary/aromatic N) is 3. The first-order valence-corrected chi connectivity index (χ1v) is 12.3. The van der Waals surface area contributed by atoms with Gasteiger partial charge in [0.1, 0.15) is 11.6 Å². The van der Waals surface area contributed by atoms with Gasteiger partial charge in [0.05, 0.1) is 11.9 Å². The number of rotatable bonds is 5. The molecule has 13 heteroatoms. The molecule has 3 aromatic rings. The normalized spacial score (nSPS) is 11.4. The first kappa shape index (κ1) is 27.8. The summed E-state index contributed by atoms with van der Waals surface area (Å²) in [6.07, 6.45) is 4.48. The van der Waals surface area contributed by atoms with Gasteiger partial charge >= 0.3 is 6.03 Å². The molecule has 35 heavy (non-hydrogen) atoms. The maximum absolute atomic E-state index is 14.5. The first-order valence-electron chi connectivity index (χ1n) is 10.4. The molecule has 1 aromatic carbocycles. The highest BCUT2D eigenvalue weighted by Gasteiger charge is 2.16. The van der Waals surface area contributed by atoms with Gasteiger partial charge in [-0.25, -0.2) is 23.5 Å². The Kier molecular flexibility index (Phi) is 8.99. The Bertz CT molecular complexity index is 1310. The topological polar surface area (TPSA) is 146 Å². The number of pyridine rings is 1. The largest absolute Gasteiger partial charge is 0.357 e. The monoisotopic (exact) mass is 510 g/mol. The Balaban J connectivity index is 0.000000784. The number of urea groups is 1. The number of halogens is 2. The molecule has 3 rings (SSSR count). The average molecular weight is 511 g/mol. The quantitative estimate of drug-likeness (QED) is 0.376. The van der Waals surface area contributed by atoms with Crippen LogP contribution in [0.3, 0.4) is 0 Å². The number of fused-ring (bicyclic) bond motifs is 1. The van der Waals surface area contributed by atoms with E-state index < -0.39 is 27.8 Å². The second-order valence-electron chi connectivity index (χ2n) is 8.82. The number of carbonyl (C=O) groups is 1. The van der Waals surface area contributed by atoms with Gasteiger partial charge in [-0.3, -0.25) is 4.55 Å². The van der Waals surface area contributed by atoms with Crippen molar-refractivity contribution >= 4 is 38.8 Å². The van der Waals surface area contributed by atoms with E-state index in [0.717, 1.165) is 12.5 Å². The molecule has 190 valence electrons. The molecular weight excluding hydrogens is 482 g/mol. The van der Waals surface area contributed by atoms with Crippen LogP contribution in [-0.2, 0) is 10.1 Å². The Morgan fingerprint density at radius 1 is 1.09 bits per heavy atom. The van der Waals surface area contributed by atoms with E-state index in [9.17, 15) is 22.0 Å². The summed E-state index contributed by atoms with van der Waals surface area (Å²) >= 11 is 0. The van der Waals surface area contributed by atoms with E-state index in [-0.39, 0.29) is 16.7 Å². The lowest BCUT2D eigenvalue weighted by molar-refractivity contribution is 0.250. The van der Waals surface area contributed by atoms with Crippen molar-refractivity contribution in [3.05, 3.63) is 42.2 Å². The van der Waals surface area contributed by atoms with Gasteiger partial charge in [-0.1, -0.05) is 20.8 Å². The van der Waals surface area contributed by atoms with Crippen molar-refractivity contribution in [3.63, 3.8) is 0 Å². The van der Waals surface area contributed by atoms with Crippen molar-refractivity contribution in [3.8, 4) is 11.1 Å². The molecule has 0 saturated carbocycles. The summed E-state index contributed by atoms with van der Waals surface area (Å²) in [4.78, 5) is 24.7. The number of amides is 2. The van der Waals surface area contributed by atoms with Crippen LogP contribution in [0.25, 0.3) is 22.2 Å². The molecular formula is C22H28F2N6O4S. The summed E-state index contributed by atoms with van der Waals surface area (Å²) in [5.74, 6) is -1.21. The summed E-state index contributed by atoms with van der Waals surface area (Å²) in [5.41, 5.74) is 0.895. The maximum atomic E-state index is 14.5. The number of hydrogen-bond donors (Lipinski definition) is 4. The second kappa shape index (κ2) is 11.3. The zero-order chi connectivity index (χ0) is 26.4. The predicted octanol–water partition coefficient (Wildman–Crippen LogP) is 4.07. The van der Waals surface area contributed by atoms with E-state index in [1.54, 1.807) is 19.3 Å². The van der Waals surface area contributed by atoms with Crippen LogP contribution >= 0.6 is 0 Å². The molecule has 2 amide bonds. The summed E-state index contributed by atoms with van der Waals surface area (Å²) in [7, 11) is -1.97. The fraction of sp³-hybridized carbons (Fsp3) is 0.364. The summed E-state index contributed by atoms with van der Waals surface area (Å²) < 4.78 is 54.6. The van der Waals surface area contributed by atoms with E-state index in [2.05, 4.69) is 51.7 Å². The molecule has 0 aliphatic rings. The van der Waals surface area contributed by atoms with Gasteiger partial charge in [-0.15, -0.1) is 0 Å². The maximum Gasteiger partial charge on any atom is 0.319 e. The van der Waals surface area contributed by atoms with E-state index in [0.29, 0.717) is 35.3 Å². The molecule has 4 N–H and O–H groups in total. The number of hydrogen-bond acceptors (Lipinski definition) is 7. The standard InChI is InChI=1S/C21H24F2N6O.CH4O3S/c1-21(2,3)5-6-25-20(30)28-17-8-14(15(22)9-16(17)23)12-7-13-11-27-19(24-4)29-18(13)26-10-12;1-5(2,3)4/h7-11H,5-6H2,1-4H3,(H2,25,28,30)(H,24,26,27,29);1H3,(H,2,3,4). The van der Waals surface area contributed by atoms with E-state index in [1.807, 2.05) is 0 Å². The smallest absolute Gasteiger partial charge is 0.319 e. The molecule has 0 radical (unpaired) electrons. The van der Waals surface area contributed by atoms with Crippen LogP contribution in [0.1, 0.15) is 27.2 Å². The fourth-order valence-electron chi connectivity index (χ4n) is 2.77. The minimum absolute atomic E-state index is 0.0579. The lowest BCUT2D eigenvalue weighted by Crippen LogP contribution is -2.31. The minimum atomic E-state index is -3.67. The lowest BCUT2D eigenvalue weighted by atomic mass is 9.92. The summed E-state index contributed by atoms with van der Waals surface area (Å²) in [6.45, 7) is 6.61. The third kappa shape index (κ3) is 9.37. The van der Waals surface area contributed by atoms with Crippen molar-refractivity contribution in [2.75, 3.05) is 30.5 Å². The number of nitrogens with one attached hydrogen (secondary N) is 3. The molecule has 0 unspecified atom stereocenters. The predicted molar refractivity (Wildman–Crippen MR) is 131 cm³/mol. The number of aromatic nitrogens is 3. The molecule has 0 atom stereocenters. The molecule has 0 aliphatic carbocycles. The number of benzene rings is 1. The number of carbonyl (C=O) groups excluding carboxylic acids is 1. The van der Waals surface area contributed by atoms with E-state index >= 15 is 0 Å². The summed E-state index contributed by atoms with van der Waals surface area (Å²) in [6, 6.07) is 3.09. The first-order chi connectivity index (χ1) is 16.2. The van der Waals surface area contributed by atoms with Crippen molar-refractivity contribution in [1.82, 2.24) is 20.3 Å². The molecule has 0 bridgehead atoms. The minimum Gasteiger partial charge on any atom is -0.357 e. The van der Waals surface area contributed by atoms with Crippen LogP contribution in [-0.4, -0.2) is 53.8 Å². The molecule has 10 nitrogen and oxygen atoms in total. The Morgan fingerprint density at radius 2 is 1.74 bits per heavy atom. The molecule has 2 aromatic heterocycles. The molecule has 2 heterocycles. The van der Waals surface area contributed by atoms with Crippen molar-refractivity contribution in [1.29, 1.82) is 0 Å². The van der Waals surface area contributed by atoms with Crippen LogP contribution in [0.15, 0.2) is 30.6 Å². The lowest BCUT2D eigenvalue weighted by Gasteiger charge is -2.18. The van der Waals surface area contributed by atoms with Crippen molar-refractivity contribution < 1.29 is 26.5 Å². The molecule has 0 aliphatic heterocycles. The average Bonchev–Trinajstić information content (AvgIpc) is 2.73. The van der Waals surface area contributed by atoms with Gasteiger partial charge in [0.2, 0.25) is 5.95 Å². The van der Waals surface area contributed by atoms with Gasteiger partial charge in [-0.2, -0.15) is 13.4 Å². The van der Waals surface area contributed by atoms with Crippen LogP contribution in [0.4, 0.5) is 25.2 Å². The highest BCUT2D eigenvalue weighted by Crippen LogP contribution is 2.29. The van der Waals surface area contributed by atoms with Gasteiger partial charge < -0.3 is 16.0 Å². The Labute approximate surface area is 202 Å². The SMILES string of the molecule is CNc1ncc2cc(-c3cc(NC(=O)NCCC(C)(C)C)c(F)cc3F)cnc2n1.CS(=O)(=O)O. The van der Waals surface area contributed by atoms with Gasteiger partial charge in [0.25, 0.3) is 10.1 Å². The highest BCUT2D eigenvalue weighted by atomic mass is 32.2. The van der Waals surface area contributed by atoms with E-state index in [1.165, 1.54) is 12.3 Å². The van der Waals surface area contributed by atoms with Crippen LogP contribution < -0.4 is 16.0 Å². The number of anilines is 2. The van der Waals surface area contributed by atoms with Crippen molar-refractivity contribution in [2.24, 2.45) is 5.41 Å². The van der Waals surface area contributed by atoms with Crippen LogP contribution in [0, 0.1) is 17.0 Å². The van der Waals surface area contributed by atoms with Crippen LogP contribution in [0.5, 0.6) is 0 Å².